The van der Waals surface area contributed by atoms with E-state index in [9.17, 15) is 4.79 Å². The first-order chi connectivity index (χ1) is 10.2. The lowest BCUT2D eigenvalue weighted by atomic mass is 9.89. The van der Waals surface area contributed by atoms with E-state index in [1.54, 1.807) is 0 Å². The summed E-state index contributed by atoms with van der Waals surface area (Å²) in [4.78, 5) is 12.6. The molecule has 114 valence electrons. The third-order valence-electron chi connectivity index (χ3n) is 4.64. The first-order valence-corrected chi connectivity index (χ1v) is 7.89. The summed E-state index contributed by atoms with van der Waals surface area (Å²) in [6.07, 6.45) is 4.53. The molecule has 0 spiro atoms. The maximum atomic E-state index is 12.6. The third-order valence-corrected chi connectivity index (χ3v) is 4.64. The van der Waals surface area contributed by atoms with Crippen LogP contribution in [0.3, 0.4) is 0 Å². The van der Waals surface area contributed by atoms with Crippen LogP contribution in [0.5, 0.6) is 0 Å². The second-order valence-electron chi connectivity index (χ2n) is 6.38. The number of nitrogens with one attached hydrogen (secondary N) is 1. The van der Waals surface area contributed by atoms with Crippen LogP contribution < -0.4 is 11.1 Å². The zero-order valence-electron chi connectivity index (χ0n) is 12.4. The fourth-order valence-corrected chi connectivity index (χ4v) is 2.98. The molecule has 0 bridgehead atoms. The summed E-state index contributed by atoms with van der Waals surface area (Å²) in [5.74, 6) is 0.608. The molecular weight excluding hydrogens is 264 g/mol. The predicted octanol–water partition coefficient (Wildman–Crippen LogP) is 1.63. The van der Waals surface area contributed by atoms with Crippen molar-refractivity contribution in [2.24, 2.45) is 11.7 Å². The SMILES string of the molecule is NC1(C(=O)NC(Cc2ccccc2)C2CC2)CCOCC1. The quantitative estimate of drug-likeness (QED) is 0.865. The van der Waals surface area contributed by atoms with Crippen molar-refractivity contribution in [3.8, 4) is 0 Å². The molecule has 1 saturated heterocycles. The van der Waals surface area contributed by atoms with Gasteiger partial charge in [0.25, 0.3) is 0 Å². The lowest BCUT2D eigenvalue weighted by Crippen LogP contribution is -2.59. The smallest absolute Gasteiger partial charge is 0.240 e. The minimum Gasteiger partial charge on any atom is -0.381 e. The predicted molar refractivity (Wildman–Crippen MR) is 81.8 cm³/mol. The van der Waals surface area contributed by atoms with Crippen LogP contribution in [0, 0.1) is 5.92 Å². The highest BCUT2D eigenvalue weighted by molar-refractivity contribution is 5.86. The minimum atomic E-state index is -0.748. The third kappa shape index (κ3) is 3.63. The van der Waals surface area contributed by atoms with Crippen LogP contribution in [-0.4, -0.2) is 30.7 Å². The molecule has 1 atom stereocenters. The van der Waals surface area contributed by atoms with Crippen molar-refractivity contribution in [1.29, 1.82) is 0 Å². The molecule has 3 rings (SSSR count). The summed E-state index contributed by atoms with van der Waals surface area (Å²) in [5.41, 5.74) is 6.80. The highest BCUT2D eigenvalue weighted by Gasteiger charge is 2.39. The largest absolute Gasteiger partial charge is 0.381 e. The van der Waals surface area contributed by atoms with Crippen molar-refractivity contribution in [3.63, 3.8) is 0 Å². The van der Waals surface area contributed by atoms with E-state index in [1.165, 1.54) is 18.4 Å². The Bertz CT molecular complexity index is 479. The topological polar surface area (TPSA) is 64.4 Å². The number of amides is 1. The van der Waals surface area contributed by atoms with Gasteiger partial charge in [0, 0.05) is 19.3 Å². The standard InChI is InChI=1S/C17H24N2O2/c18-17(8-10-21-11-9-17)16(20)19-15(14-6-7-14)12-13-4-2-1-3-5-13/h1-5,14-15H,6-12,18H2,(H,19,20). The molecule has 1 amide bonds. The van der Waals surface area contributed by atoms with Gasteiger partial charge < -0.3 is 15.8 Å². The highest BCUT2D eigenvalue weighted by atomic mass is 16.5. The van der Waals surface area contributed by atoms with Crippen molar-refractivity contribution in [2.45, 2.75) is 43.7 Å². The lowest BCUT2D eigenvalue weighted by molar-refractivity contribution is -0.130. The van der Waals surface area contributed by atoms with Crippen molar-refractivity contribution in [2.75, 3.05) is 13.2 Å². The minimum absolute atomic E-state index is 0.00127. The molecular formula is C17H24N2O2. The summed E-state index contributed by atoms with van der Waals surface area (Å²) < 4.78 is 5.32. The van der Waals surface area contributed by atoms with Crippen LogP contribution in [0.2, 0.25) is 0 Å². The average molecular weight is 288 g/mol. The van der Waals surface area contributed by atoms with Gasteiger partial charge in [-0.2, -0.15) is 0 Å². The molecule has 4 heteroatoms. The van der Waals surface area contributed by atoms with Gasteiger partial charge in [-0.25, -0.2) is 0 Å². The van der Waals surface area contributed by atoms with Gasteiger partial charge in [0.15, 0.2) is 0 Å². The van der Waals surface area contributed by atoms with Crippen LogP contribution >= 0.6 is 0 Å². The molecule has 1 aromatic carbocycles. The molecule has 1 aliphatic heterocycles. The van der Waals surface area contributed by atoms with E-state index < -0.39 is 5.54 Å². The number of benzene rings is 1. The summed E-state index contributed by atoms with van der Waals surface area (Å²) in [6, 6.07) is 10.6. The van der Waals surface area contributed by atoms with Crippen molar-refractivity contribution in [3.05, 3.63) is 35.9 Å². The number of carbonyl (C=O) groups is 1. The zero-order valence-corrected chi connectivity index (χ0v) is 12.4. The van der Waals surface area contributed by atoms with Gasteiger partial charge in [0.2, 0.25) is 5.91 Å². The molecule has 1 aliphatic carbocycles. The second-order valence-corrected chi connectivity index (χ2v) is 6.38. The number of rotatable bonds is 5. The van der Waals surface area contributed by atoms with Crippen molar-refractivity contribution in [1.82, 2.24) is 5.32 Å². The maximum Gasteiger partial charge on any atom is 0.240 e. The van der Waals surface area contributed by atoms with Crippen LogP contribution in [0.1, 0.15) is 31.2 Å². The van der Waals surface area contributed by atoms with E-state index in [0.717, 1.165) is 6.42 Å². The first-order valence-electron chi connectivity index (χ1n) is 7.89. The molecule has 0 aromatic heterocycles. The molecule has 3 N–H and O–H groups in total. The van der Waals surface area contributed by atoms with E-state index in [4.69, 9.17) is 10.5 Å². The Hall–Kier alpha value is -1.39. The number of ether oxygens (including phenoxy) is 1. The zero-order chi connectivity index (χ0) is 14.7. The van der Waals surface area contributed by atoms with Crippen molar-refractivity contribution < 1.29 is 9.53 Å². The molecule has 2 fully saturated rings. The molecule has 0 radical (unpaired) electrons. The Balaban J connectivity index is 1.63. The van der Waals surface area contributed by atoms with E-state index in [-0.39, 0.29) is 11.9 Å². The van der Waals surface area contributed by atoms with Crippen LogP contribution in [0.4, 0.5) is 0 Å². The van der Waals surface area contributed by atoms with Gasteiger partial charge in [-0.1, -0.05) is 30.3 Å². The fourth-order valence-electron chi connectivity index (χ4n) is 2.98. The monoisotopic (exact) mass is 288 g/mol. The molecule has 1 saturated carbocycles. The van der Waals surface area contributed by atoms with E-state index in [2.05, 4.69) is 17.4 Å². The van der Waals surface area contributed by atoms with Gasteiger partial charge in [0.1, 0.15) is 0 Å². The van der Waals surface area contributed by atoms with Gasteiger partial charge in [-0.05, 0) is 43.6 Å². The average Bonchev–Trinajstić information content (AvgIpc) is 3.33. The van der Waals surface area contributed by atoms with E-state index in [0.29, 0.717) is 32.0 Å². The van der Waals surface area contributed by atoms with Gasteiger partial charge in [-0.15, -0.1) is 0 Å². The molecule has 21 heavy (non-hydrogen) atoms. The summed E-state index contributed by atoms with van der Waals surface area (Å²) >= 11 is 0. The number of hydrogen-bond acceptors (Lipinski definition) is 3. The summed E-state index contributed by atoms with van der Waals surface area (Å²) in [6.45, 7) is 1.16. The molecule has 1 heterocycles. The maximum absolute atomic E-state index is 12.6. The molecule has 1 aromatic rings. The van der Waals surface area contributed by atoms with Gasteiger partial charge in [0.05, 0.1) is 5.54 Å². The number of carbonyl (C=O) groups excluding carboxylic acids is 1. The Morgan fingerprint density at radius 1 is 1.29 bits per heavy atom. The lowest BCUT2D eigenvalue weighted by Gasteiger charge is -2.33. The Morgan fingerprint density at radius 2 is 1.95 bits per heavy atom. The van der Waals surface area contributed by atoms with Crippen LogP contribution in [0.15, 0.2) is 30.3 Å². The Kier molecular flexibility index (Phi) is 4.27. The van der Waals surface area contributed by atoms with Crippen LogP contribution in [0.25, 0.3) is 0 Å². The molecule has 1 unspecified atom stereocenters. The number of nitrogens with two attached hydrogens (primary N) is 1. The highest BCUT2D eigenvalue weighted by Crippen LogP contribution is 2.34. The molecule has 2 aliphatic rings. The van der Waals surface area contributed by atoms with Crippen molar-refractivity contribution >= 4 is 5.91 Å². The van der Waals surface area contributed by atoms with Gasteiger partial charge in [-0.3, -0.25) is 4.79 Å². The van der Waals surface area contributed by atoms with Gasteiger partial charge >= 0.3 is 0 Å². The summed E-state index contributed by atoms with van der Waals surface area (Å²) in [5, 5.41) is 3.22. The van der Waals surface area contributed by atoms with E-state index in [1.807, 2.05) is 18.2 Å². The van der Waals surface area contributed by atoms with E-state index >= 15 is 0 Å². The Morgan fingerprint density at radius 3 is 2.57 bits per heavy atom. The van der Waals surface area contributed by atoms with Crippen LogP contribution in [-0.2, 0) is 16.0 Å². The summed E-state index contributed by atoms with van der Waals surface area (Å²) in [7, 11) is 0. The second kappa shape index (κ2) is 6.16. The Labute approximate surface area is 126 Å². The first kappa shape index (κ1) is 14.5. The number of hydrogen-bond donors (Lipinski definition) is 2. The normalized spacial score (nSPS) is 22.5. The fraction of sp³-hybridized carbons (Fsp3) is 0.588. The molecule has 4 nitrogen and oxygen atoms in total.